The molecule has 0 bridgehead atoms. The fraction of sp³-hybridized carbons (Fsp3) is 0.462. The molecule has 2 unspecified atom stereocenters. The molecule has 5 heteroatoms. The fourth-order valence-electron chi connectivity index (χ4n) is 2.21. The normalized spacial score (nSPS) is 23.7. The molecule has 0 saturated carbocycles. The van der Waals surface area contributed by atoms with Crippen molar-refractivity contribution in [3.63, 3.8) is 0 Å². The maximum absolute atomic E-state index is 12.2. The van der Waals surface area contributed by atoms with Gasteiger partial charge in [0.2, 0.25) is 0 Å². The van der Waals surface area contributed by atoms with E-state index in [1.54, 1.807) is 6.07 Å². The number of carbonyl (C=O) groups is 1. The topological polar surface area (TPSA) is 41.1 Å². The largest absolute Gasteiger partial charge is 0.349 e. The van der Waals surface area contributed by atoms with Gasteiger partial charge in [-0.15, -0.1) is 0 Å². The molecule has 1 heterocycles. The summed E-state index contributed by atoms with van der Waals surface area (Å²) in [6, 6.07) is 6.06. The number of amides is 1. The van der Waals surface area contributed by atoms with E-state index in [1.807, 2.05) is 12.1 Å². The summed E-state index contributed by atoms with van der Waals surface area (Å²) in [7, 11) is 0. The molecule has 3 nitrogen and oxygen atoms in total. The third-order valence-corrected chi connectivity index (χ3v) is 4.45. The van der Waals surface area contributed by atoms with E-state index >= 15 is 0 Å². The second-order valence-corrected chi connectivity index (χ2v) is 5.88. The van der Waals surface area contributed by atoms with Crippen molar-refractivity contribution in [3.05, 3.63) is 33.3 Å². The maximum Gasteiger partial charge on any atom is 0.253 e. The zero-order valence-electron chi connectivity index (χ0n) is 10.2. The summed E-state index contributed by atoms with van der Waals surface area (Å²) in [5.41, 5.74) is 0.525. The minimum absolute atomic E-state index is 0.0969. The predicted octanol–water partition coefficient (Wildman–Crippen LogP) is 2.97. The average molecular weight is 332 g/mol. The van der Waals surface area contributed by atoms with Crippen LogP contribution in [0.3, 0.4) is 0 Å². The van der Waals surface area contributed by atoms with Gasteiger partial charge in [-0.25, -0.2) is 0 Å². The summed E-state index contributed by atoms with van der Waals surface area (Å²) in [6.07, 6.45) is 1.92. The third-order valence-electron chi connectivity index (χ3n) is 3.16. The maximum atomic E-state index is 12.2. The number of halogens is 2. The van der Waals surface area contributed by atoms with Gasteiger partial charge in [0, 0.05) is 16.6 Å². The molecule has 0 spiro atoms. The summed E-state index contributed by atoms with van der Waals surface area (Å²) in [5.74, 6) is -0.0969. The summed E-state index contributed by atoms with van der Waals surface area (Å²) in [4.78, 5) is 12.2. The first-order chi connectivity index (χ1) is 8.58. The van der Waals surface area contributed by atoms with Crippen molar-refractivity contribution in [2.45, 2.75) is 31.8 Å². The molecule has 2 atom stereocenters. The molecule has 1 fully saturated rings. The Labute approximate surface area is 120 Å². The molecule has 1 aliphatic heterocycles. The van der Waals surface area contributed by atoms with Crippen LogP contribution in [0.25, 0.3) is 0 Å². The van der Waals surface area contributed by atoms with Crippen molar-refractivity contribution < 1.29 is 4.79 Å². The van der Waals surface area contributed by atoms with E-state index < -0.39 is 0 Å². The zero-order valence-corrected chi connectivity index (χ0v) is 12.5. The SMILES string of the molecule is CC1CC(NC(=O)c2cccc(Br)c2Cl)CCN1. The molecule has 98 valence electrons. The van der Waals surface area contributed by atoms with Crippen LogP contribution in [-0.2, 0) is 0 Å². The first-order valence-electron chi connectivity index (χ1n) is 6.06. The molecule has 2 rings (SSSR count). The van der Waals surface area contributed by atoms with Gasteiger partial charge in [-0.2, -0.15) is 0 Å². The molecule has 2 N–H and O–H groups in total. The lowest BCUT2D eigenvalue weighted by Crippen LogP contribution is -2.46. The number of rotatable bonds is 2. The summed E-state index contributed by atoms with van der Waals surface area (Å²) in [5, 5.41) is 6.88. The van der Waals surface area contributed by atoms with Crippen LogP contribution in [-0.4, -0.2) is 24.5 Å². The van der Waals surface area contributed by atoms with Gasteiger partial charge in [-0.3, -0.25) is 4.79 Å². The Hall–Kier alpha value is -0.580. The van der Waals surface area contributed by atoms with Gasteiger partial charge in [0.05, 0.1) is 10.6 Å². The molecule has 18 heavy (non-hydrogen) atoms. The van der Waals surface area contributed by atoms with Crippen molar-refractivity contribution in [3.8, 4) is 0 Å². The van der Waals surface area contributed by atoms with Crippen LogP contribution < -0.4 is 10.6 Å². The first-order valence-corrected chi connectivity index (χ1v) is 7.23. The molecular formula is C13H16BrClN2O. The minimum atomic E-state index is -0.0969. The molecule has 1 aromatic carbocycles. The van der Waals surface area contributed by atoms with Crippen LogP contribution in [0.2, 0.25) is 5.02 Å². The van der Waals surface area contributed by atoms with Crippen molar-refractivity contribution in [1.82, 2.24) is 10.6 Å². The van der Waals surface area contributed by atoms with Gasteiger partial charge < -0.3 is 10.6 Å². The van der Waals surface area contributed by atoms with Crippen LogP contribution in [0.1, 0.15) is 30.1 Å². The molecular weight excluding hydrogens is 316 g/mol. The smallest absolute Gasteiger partial charge is 0.253 e. The Morgan fingerprint density at radius 1 is 1.56 bits per heavy atom. The van der Waals surface area contributed by atoms with Gasteiger partial charge in [-0.05, 0) is 54.4 Å². The van der Waals surface area contributed by atoms with E-state index in [1.165, 1.54) is 0 Å². The molecule has 1 aromatic rings. The minimum Gasteiger partial charge on any atom is -0.349 e. The van der Waals surface area contributed by atoms with Crippen LogP contribution in [0.4, 0.5) is 0 Å². The van der Waals surface area contributed by atoms with Gasteiger partial charge in [0.25, 0.3) is 5.91 Å². The number of hydrogen-bond acceptors (Lipinski definition) is 2. The second kappa shape index (κ2) is 6.04. The summed E-state index contributed by atoms with van der Waals surface area (Å²) in [6.45, 7) is 3.07. The first kappa shape index (κ1) is 13.8. The highest BCUT2D eigenvalue weighted by Gasteiger charge is 2.21. The highest BCUT2D eigenvalue weighted by atomic mass is 79.9. The van der Waals surface area contributed by atoms with Gasteiger partial charge in [0.1, 0.15) is 0 Å². The number of hydrogen-bond donors (Lipinski definition) is 2. The quantitative estimate of drug-likeness (QED) is 0.875. The molecule has 0 aromatic heterocycles. The van der Waals surface area contributed by atoms with E-state index in [2.05, 4.69) is 33.5 Å². The molecule has 1 saturated heterocycles. The summed E-state index contributed by atoms with van der Waals surface area (Å²) >= 11 is 9.44. The zero-order chi connectivity index (χ0) is 13.1. The van der Waals surface area contributed by atoms with E-state index in [0.717, 1.165) is 23.9 Å². The van der Waals surface area contributed by atoms with Crippen LogP contribution in [0.5, 0.6) is 0 Å². The van der Waals surface area contributed by atoms with E-state index in [4.69, 9.17) is 11.6 Å². The Morgan fingerprint density at radius 3 is 3.06 bits per heavy atom. The van der Waals surface area contributed by atoms with Crippen LogP contribution in [0, 0.1) is 0 Å². The number of carbonyl (C=O) groups excluding carboxylic acids is 1. The van der Waals surface area contributed by atoms with Crippen molar-refractivity contribution in [2.24, 2.45) is 0 Å². The van der Waals surface area contributed by atoms with Crippen molar-refractivity contribution >= 4 is 33.4 Å². The number of benzene rings is 1. The predicted molar refractivity (Wildman–Crippen MR) is 77.1 cm³/mol. The second-order valence-electron chi connectivity index (χ2n) is 4.65. The van der Waals surface area contributed by atoms with Crippen LogP contribution in [0.15, 0.2) is 22.7 Å². The Kier molecular flexibility index (Phi) is 4.65. The summed E-state index contributed by atoms with van der Waals surface area (Å²) < 4.78 is 0.746. The lowest BCUT2D eigenvalue weighted by molar-refractivity contribution is 0.0926. The van der Waals surface area contributed by atoms with E-state index in [-0.39, 0.29) is 11.9 Å². The van der Waals surface area contributed by atoms with E-state index in [9.17, 15) is 4.79 Å². The van der Waals surface area contributed by atoms with Crippen molar-refractivity contribution in [2.75, 3.05) is 6.54 Å². The fourth-order valence-corrected chi connectivity index (χ4v) is 2.78. The number of nitrogens with one attached hydrogen (secondary N) is 2. The molecule has 0 aliphatic carbocycles. The highest BCUT2D eigenvalue weighted by molar-refractivity contribution is 9.10. The molecule has 1 amide bonds. The molecule has 1 aliphatic rings. The van der Waals surface area contributed by atoms with Crippen LogP contribution >= 0.6 is 27.5 Å². The van der Waals surface area contributed by atoms with Gasteiger partial charge in [-0.1, -0.05) is 17.7 Å². The molecule has 0 radical (unpaired) electrons. The highest BCUT2D eigenvalue weighted by Crippen LogP contribution is 2.26. The van der Waals surface area contributed by atoms with Gasteiger partial charge >= 0.3 is 0 Å². The standard InChI is InChI=1S/C13H16BrClN2O/c1-8-7-9(5-6-16-8)17-13(18)10-3-2-4-11(14)12(10)15/h2-4,8-9,16H,5-7H2,1H3,(H,17,18). The Morgan fingerprint density at radius 2 is 2.33 bits per heavy atom. The average Bonchev–Trinajstić information content (AvgIpc) is 2.32. The lowest BCUT2D eigenvalue weighted by Gasteiger charge is -2.28. The van der Waals surface area contributed by atoms with Crippen molar-refractivity contribution in [1.29, 1.82) is 0 Å². The monoisotopic (exact) mass is 330 g/mol. The number of piperidine rings is 1. The third kappa shape index (κ3) is 3.25. The van der Waals surface area contributed by atoms with E-state index in [0.29, 0.717) is 16.6 Å². The lowest BCUT2D eigenvalue weighted by atomic mass is 10.0. The Bertz CT molecular complexity index is 453. The van der Waals surface area contributed by atoms with Gasteiger partial charge in [0.15, 0.2) is 0 Å². The Balaban J connectivity index is 2.05.